The number of hydrogen-bond acceptors (Lipinski definition) is 7. The molecule has 0 aliphatic heterocycles. The predicted molar refractivity (Wildman–Crippen MR) is 142 cm³/mol. The number of nitrogens with one attached hydrogen (secondary N) is 1. The van der Waals surface area contributed by atoms with Crippen molar-refractivity contribution in [1.29, 1.82) is 0 Å². The largest absolute Gasteiger partial charge is 0.465 e. The molecule has 0 radical (unpaired) electrons. The Morgan fingerprint density at radius 1 is 1.23 bits per heavy atom. The van der Waals surface area contributed by atoms with Gasteiger partial charge >= 0.3 is 5.97 Å². The summed E-state index contributed by atoms with van der Waals surface area (Å²) in [5, 5.41) is 13.5. The van der Waals surface area contributed by atoms with Crippen molar-refractivity contribution in [3.05, 3.63) is 56.9 Å². The number of amides is 1. The molecular formula is C24H24Cl2N4O3S2. The number of allylic oxidation sites excluding steroid dienone is 1. The van der Waals surface area contributed by atoms with Crippen LogP contribution in [0.3, 0.4) is 0 Å². The molecule has 1 N–H and O–H groups in total. The van der Waals surface area contributed by atoms with E-state index >= 15 is 0 Å². The maximum atomic E-state index is 12.9. The molecule has 0 saturated heterocycles. The number of halogens is 2. The number of anilines is 1. The number of hydrogen-bond donors (Lipinski definition) is 1. The van der Waals surface area contributed by atoms with Crippen molar-refractivity contribution in [2.24, 2.45) is 0 Å². The highest BCUT2D eigenvalue weighted by Crippen LogP contribution is 2.38. The average Bonchev–Trinajstić information content (AvgIpc) is 3.31. The lowest BCUT2D eigenvalue weighted by atomic mass is 10.1. The van der Waals surface area contributed by atoms with Gasteiger partial charge in [0, 0.05) is 17.0 Å². The standard InChI is InChI=1S/C24H24Cl2N4O3S2/c1-3-11-30-21(14-9-10-16(25)17(26)12-14)28-29-24(30)34-13-19(31)27-22-20(23(32)33-2)15-7-5-4-6-8-18(15)35-22/h3,9-10,12H,1,4-8,11,13H2,2H3,(H,27,31). The highest BCUT2D eigenvalue weighted by Gasteiger charge is 2.26. The number of carbonyl (C=O) groups is 2. The van der Waals surface area contributed by atoms with Crippen LogP contribution in [-0.2, 0) is 28.9 Å². The summed E-state index contributed by atoms with van der Waals surface area (Å²) in [6.45, 7) is 4.27. The van der Waals surface area contributed by atoms with Gasteiger partial charge < -0.3 is 10.1 Å². The monoisotopic (exact) mass is 550 g/mol. The third kappa shape index (κ3) is 5.74. The summed E-state index contributed by atoms with van der Waals surface area (Å²) in [6, 6.07) is 5.24. The summed E-state index contributed by atoms with van der Waals surface area (Å²) >= 11 is 14.9. The van der Waals surface area contributed by atoms with Crippen molar-refractivity contribution in [3.63, 3.8) is 0 Å². The molecule has 1 amide bonds. The van der Waals surface area contributed by atoms with Crippen molar-refractivity contribution in [1.82, 2.24) is 14.8 Å². The second kappa shape index (κ2) is 11.6. The van der Waals surface area contributed by atoms with Gasteiger partial charge in [-0.1, -0.05) is 47.5 Å². The zero-order valence-corrected chi connectivity index (χ0v) is 22.2. The molecular weight excluding hydrogens is 527 g/mol. The Labute approximate surface area is 221 Å². The molecule has 0 spiro atoms. The van der Waals surface area contributed by atoms with Crippen LogP contribution in [-0.4, -0.2) is 39.5 Å². The van der Waals surface area contributed by atoms with Gasteiger partial charge in [-0.2, -0.15) is 0 Å². The molecule has 0 atom stereocenters. The van der Waals surface area contributed by atoms with Crippen LogP contribution in [0.5, 0.6) is 0 Å². The van der Waals surface area contributed by atoms with Crippen LogP contribution in [0.25, 0.3) is 11.4 Å². The third-order valence-corrected chi connectivity index (χ3v) is 8.52. The summed E-state index contributed by atoms with van der Waals surface area (Å²) in [5.41, 5.74) is 2.26. The number of esters is 1. The van der Waals surface area contributed by atoms with Crippen molar-refractivity contribution in [2.75, 3.05) is 18.2 Å². The van der Waals surface area contributed by atoms with E-state index in [2.05, 4.69) is 22.1 Å². The number of rotatable bonds is 8. The molecule has 11 heteroatoms. The van der Waals surface area contributed by atoms with Crippen molar-refractivity contribution >= 4 is 63.2 Å². The fourth-order valence-corrected chi connectivity index (χ4v) is 6.32. The third-order valence-electron chi connectivity index (χ3n) is 5.60. The van der Waals surface area contributed by atoms with Crippen molar-refractivity contribution in [3.8, 4) is 11.4 Å². The normalized spacial score (nSPS) is 13.1. The number of thioether (sulfide) groups is 1. The average molecular weight is 552 g/mol. The van der Waals surface area contributed by atoms with Gasteiger partial charge in [0.25, 0.3) is 0 Å². The van der Waals surface area contributed by atoms with Gasteiger partial charge in [0.1, 0.15) is 5.00 Å². The summed E-state index contributed by atoms with van der Waals surface area (Å²) in [4.78, 5) is 26.5. The number of nitrogens with zero attached hydrogens (tertiary/aromatic N) is 3. The first kappa shape index (κ1) is 25.8. The van der Waals surface area contributed by atoms with Gasteiger partial charge in [-0.05, 0) is 49.4 Å². The molecule has 0 unspecified atom stereocenters. The number of methoxy groups -OCH3 is 1. The number of thiophene rings is 1. The van der Waals surface area contributed by atoms with Crippen LogP contribution in [0.2, 0.25) is 10.0 Å². The maximum Gasteiger partial charge on any atom is 0.341 e. The molecule has 1 aliphatic rings. The van der Waals surface area contributed by atoms with E-state index < -0.39 is 5.97 Å². The first-order valence-corrected chi connectivity index (χ1v) is 13.6. The Bertz CT molecular complexity index is 1270. The molecule has 0 bridgehead atoms. The number of fused-ring (bicyclic) bond motifs is 1. The fraction of sp³-hybridized carbons (Fsp3) is 0.333. The highest BCUT2D eigenvalue weighted by molar-refractivity contribution is 7.99. The minimum atomic E-state index is -0.413. The molecule has 1 aliphatic carbocycles. The molecule has 0 fully saturated rings. The minimum Gasteiger partial charge on any atom is -0.465 e. The summed E-state index contributed by atoms with van der Waals surface area (Å²) < 4.78 is 6.88. The minimum absolute atomic E-state index is 0.0971. The molecule has 35 heavy (non-hydrogen) atoms. The van der Waals surface area contributed by atoms with Crippen molar-refractivity contribution < 1.29 is 14.3 Å². The van der Waals surface area contributed by atoms with Gasteiger partial charge in [0.15, 0.2) is 11.0 Å². The van der Waals surface area contributed by atoms with E-state index in [9.17, 15) is 9.59 Å². The molecule has 4 rings (SSSR count). The lowest BCUT2D eigenvalue weighted by Crippen LogP contribution is -2.16. The Morgan fingerprint density at radius 3 is 2.77 bits per heavy atom. The second-order valence-electron chi connectivity index (χ2n) is 7.93. The van der Waals surface area contributed by atoms with E-state index in [4.69, 9.17) is 27.9 Å². The fourth-order valence-electron chi connectivity index (χ4n) is 3.98. The molecule has 184 valence electrons. The molecule has 3 aromatic rings. The van der Waals surface area contributed by atoms with Gasteiger partial charge in [0.05, 0.1) is 28.5 Å². The van der Waals surface area contributed by atoms with E-state index in [1.54, 1.807) is 18.2 Å². The Hall–Kier alpha value is -2.33. The van der Waals surface area contributed by atoms with E-state index in [1.807, 2.05) is 10.6 Å². The second-order valence-corrected chi connectivity index (χ2v) is 10.8. The van der Waals surface area contributed by atoms with E-state index in [-0.39, 0.29) is 11.7 Å². The number of benzene rings is 1. The van der Waals surface area contributed by atoms with E-state index in [0.717, 1.165) is 48.1 Å². The van der Waals surface area contributed by atoms with Crippen LogP contribution in [0, 0.1) is 0 Å². The molecule has 2 aromatic heterocycles. The number of aryl methyl sites for hydroxylation is 1. The van der Waals surface area contributed by atoms with Crippen LogP contribution >= 0.6 is 46.3 Å². The SMILES string of the molecule is C=CCn1c(SCC(=O)Nc2sc3c(c2C(=O)OC)CCCCC3)nnc1-c1ccc(Cl)c(Cl)c1. The zero-order valence-electron chi connectivity index (χ0n) is 19.1. The predicted octanol–water partition coefficient (Wildman–Crippen LogP) is 6.29. The summed E-state index contributed by atoms with van der Waals surface area (Å²) in [5.74, 6) is 0.0475. The quantitative estimate of drug-likeness (QED) is 0.153. The van der Waals surface area contributed by atoms with Crippen molar-refractivity contribution in [2.45, 2.75) is 43.8 Å². The maximum absolute atomic E-state index is 12.9. The Kier molecular flexibility index (Phi) is 8.54. The molecule has 2 heterocycles. The summed E-state index contributed by atoms with van der Waals surface area (Å²) in [7, 11) is 1.36. The first-order valence-electron chi connectivity index (χ1n) is 11.1. The topological polar surface area (TPSA) is 86.1 Å². The van der Waals surface area contributed by atoms with E-state index in [1.165, 1.54) is 30.2 Å². The first-order chi connectivity index (χ1) is 16.9. The highest BCUT2D eigenvalue weighted by atomic mass is 35.5. The number of carbonyl (C=O) groups excluding carboxylic acids is 2. The number of aromatic nitrogens is 3. The van der Waals surface area contributed by atoms with Gasteiger partial charge in [-0.25, -0.2) is 4.79 Å². The van der Waals surface area contributed by atoms with Crippen LogP contribution < -0.4 is 5.32 Å². The zero-order chi connectivity index (χ0) is 24.9. The van der Waals surface area contributed by atoms with Gasteiger partial charge in [0.2, 0.25) is 5.91 Å². The summed E-state index contributed by atoms with van der Waals surface area (Å²) in [6.07, 6.45) is 6.71. The Morgan fingerprint density at radius 2 is 2.03 bits per heavy atom. The van der Waals surface area contributed by atoms with Gasteiger partial charge in [-0.15, -0.1) is 28.1 Å². The van der Waals surface area contributed by atoms with Crippen LogP contribution in [0.4, 0.5) is 5.00 Å². The van der Waals surface area contributed by atoms with Crippen LogP contribution in [0.15, 0.2) is 36.0 Å². The number of ether oxygens (including phenoxy) is 1. The molecule has 0 saturated carbocycles. The van der Waals surface area contributed by atoms with Crippen LogP contribution in [0.1, 0.15) is 40.1 Å². The molecule has 1 aromatic carbocycles. The van der Waals surface area contributed by atoms with Gasteiger partial charge in [-0.3, -0.25) is 9.36 Å². The molecule has 7 nitrogen and oxygen atoms in total. The lowest BCUT2D eigenvalue weighted by Gasteiger charge is -2.09. The lowest BCUT2D eigenvalue weighted by molar-refractivity contribution is -0.113. The van der Waals surface area contributed by atoms with E-state index in [0.29, 0.717) is 38.1 Å². The smallest absolute Gasteiger partial charge is 0.341 e. The Balaban J connectivity index is 1.51.